The van der Waals surface area contributed by atoms with Gasteiger partial charge in [-0.05, 0) is 33.6 Å². The van der Waals surface area contributed by atoms with E-state index in [1.165, 1.54) is 0 Å². The fourth-order valence-corrected chi connectivity index (χ4v) is 6.18. The Hall–Kier alpha value is -0.533. The molecule has 0 atom stereocenters. The molecule has 0 amide bonds. The third kappa shape index (κ3) is 9.85. The standard InChI is InChI=1S/C21H37F9O3Si/c1-4-31-34(32-5-2,33-6-3)17-15-13-11-9-7-8-10-12-14-16-18(22,23)19(24,25)20(26,27)21(28,29)30/h4-17H2,1-3H3. The lowest BCUT2D eigenvalue weighted by atomic mass is 9.97. The molecule has 13 heteroatoms. The van der Waals surface area contributed by atoms with E-state index in [2.05, 4.69) is 0 Å². The third-order valence-electron chi connectivity index (χ3n) is 5.28. The first-order valence-corrected chi connectivity index (χ1v) is 13.7. The molecular formula is C21H37F9O3Si. The van der Waals surface area contributed by atoms with E-state index in [0.717, 1.165) is 32.1 Å². The lowest BCUT2D eigenvalue weighted by molar-refractivity contribution is -0.396. The maximum Gasteiger partial charge on any atom is 0.500 e. The molecule has 0 aliphatic heterocycles. The summed E-state index contributed by atoms with van der Waals surface area (Å²) in [5, 5.41) is 0. The molecule has 34 heavy (non-hydrogen) atoms. The number of alkyl halides is 9. The van der Waals surface area contributed by atoms with Crippen LogP contribution in [0.15, 0.2) is 0 Å². The molecule has 0 aliphatic rings. The monoisotopic (exact) mass is 536 g/mol. The van der Waals surface area contributed by atoms with Crippen LogP contribution in [0.3, 0.4) is 0 Å². The number of halogens is 9. The Morgan fingerprint density at radius 2 is 0.853 bits per heavy atom. The molecule has 0 fully saturated rings. The van der Waals surface area contributed by atoms with E-state index in [1.807, 2.05) is 20.8 Å². The first kappa shape index (κ1) is 33.5. The molecule has 0 aromatic heterocycles. The van der Waals surface area contributed by atoms with Gasteiger partial charge in [-0.3, -0.25) is 0 Å². The van der Waals surface area contributed by atoms with Gasteiger partial charge in [0.1, 0.15) is 0 Å². The van der Waals surface area contributed by atoms with Crippen molar-refractivity contribution in [1.82, 2.24) is 0 Å². The minimum Gasteiger partial charge on any atom is -0.374 e. The van der Waals surface area contributed by atoms with E-state index >= 15 is 0 Å². The fraction of sp³-hybridized carbons (Fsp3) is 1.00. The minimum atomic E-state index is -6.81. The molecule has 0 heterocycles. The highest BCUT2D eigenvalue weighted by Crippen LogP contribution is 2.54. The van der Waals surface area contributed by atoms with Crippen molar-refractivity contribution in [2.24, 2.45) is 0 Å². The van der Waals surface area contributed by atoms with Crippen LogP contribution in [0.2, 0.25) is 6.04 Å². The van der Waals surface area contributed by atoms with E-state index in [9.17, 15) is 39.5 Å². The van der Waals surface area contributed by atoms with E-state index in [4.69, 9.17) is 13.3 Å². The number of hydrogen-bond acceptors (Lipinski definition) is 3. The summed E-state index contributed by atoms with van der Waals surface area (Å²) >= 11 is 0. The van der Waals surface area contributed by atoms with Gasteiger partial charge in [0.15, 0.2) is 0 Å². The zero-order valence-electron chi connectivity index (χ0n) is 20.0. The summed E-state index contributed by atoms with van der Waals surface area (Å²) in [6.45, 7) is 7.14. The van der Waals surface area contributed by atoms with E-state index < -0.39 is 45.6 Å². The lowest BCUT2D eigenvalue weighted by Crippen LogP contribution is -2.60. The van der Waals surface area contributed by atoms with Crippen LogP contribution in [-0.4, -0.2) is 52.6 Å². The molecule has 3 nitrogen and oxygen atoms in total. The van der Waals surface area contributed by atoms with Gasteiger partial charge >= 0.3 is 32.7 Å². The molecule has 0 aromatic carbocycles. The first-order chi connectivity index (χ1) is 15.6. The van der Waals surface area contributed by atoms with Gasteiger partial charge in [0.2, 0.25) is 0 Å². The van der Waals surface area contributed by atoms with Gasteiger partial charge in [-0.25, -0.2) is 0 Å². The van der Waals surface area contributed by atoms with Crippen LogP contribution >= 0.6 is 0 Å². The van der Waals surface area contributed by atoms with Gasteiger partial charge < -0.3 is 13.3 Å². The Morgan fingerprint density at radius 3 is 1.21 bits per heavy atom. The van der Waals surface area contributed by atoms with E-state index in [0.29, 0.717) is 38.7 Å². The predicted molar refractivity (Wildman–Crippen MR) is 113 cm³/mol. The van der Waals surface area contributed by atoms with Crippen molar-refractivity contribution in [1.29, 1.82) is 0 Å². The number of unbranched alkanes of at least 4 members (excludes halogenated alkanes) is 8. The van der Waals surface area contributed by atoms with Crippen LogP contribution in [0.25, 0.3) is 0 Å². The van der Waals surface area contributed by atoms with Gasteiger partial charge in [0.05, 0.1) is 0 Å². The quantitative estimate of drug-likeness (QED) is 0.0888. The third-order valence-corrected chi connectivity index (χ3v) is 8.43. The lowest BCUT2D eigenvalue weighted by Gasteiger charge is -2.33. The molecule has 0 aliphatic carbocycles. The van der Waals surface area contributed by atoms with Gasteiger partial charge in [-0.15, -0.1) is 0 Å². The Kier molecular flexibility index (Phi) is 14.7. The summed E-state index contributed by atoms with van der Waals surface area (Å²) < 4.78 is 133. The van der Waals surface area contributed by atoms with Crippen molar-refractivity contribution in [3.63, 3.8) is 0 Å². The summed E-state index contributed by atoms with van der Waals surface area (Å²) in [5.41, 5.74) is 0. The highest BCUT2D eigenvalue weighted by Gasteiger charge is 2.81. The maximum atomic E-state index is 13.5. The largest absolute Gasteiger partial charge is 0.500 e. The molecule has 0 rings (SSSR count). The number of hydrogen-bond donors (Lipinski definition) is 0. The van der Waals surface area contributed by atoms with E-state index in [1.54, 1.807) is 0 Å². The highest BCUT2D eigenvalue weighted by molar-refractivity contribution is 6.60. The van der Waals surface area contributed by atoms with Crippen molar-refractivity contribution >= 4 is 8.80 Å². The topological polar surface area (TPSA) is 27.7 Å². The van der Waals surface area contributed by atoms with Gasteiger partial charge in [-0.2, -0.15) is 39.5 Å². The SMILES string of the molecule is CCO[Si](CCCCCCCCCCCC(F)(F)C(F)(F)C(F)(F)C(F)(F)F)(OCC)OCC. The van der Waals surface area contributed by atoms with Crippen molar-refractivity contribution in [2.75, 3.05) is 19.8 Å². The average Bonchev–Trinajstić information content (AvgIpc) is 2.71. The molecule has 0 aromatic rings. The van der Waals surface area contributed by atoms with Crippen molar-refractivity contribution in [3.05, 3.63) is 0 Å². The van der Waals surface area contributed by atoms with E-state index in [-0.39, 0.29) is 6.42 Å². The van der Waals surface area contributed by atoms with Gasteiger partial charge in [-0.1, -0.05) is 44.9 Å². The summed E-state index contributed by atoms with van der Waals surface area (Å²) in [7, 11) is -2.66. The van der Waals surface area contributed by atoms with Crippen LogP contribution in [-0.2, 0) is 13.3 Å². The Labute approximate surface area is 197 Å². The Bertz CT molecular complexity index is 529. The molecule has 0 saturated carbocycles. The van der Waals surface area contributed by atoms with Crippen LogP contribution in [0.4, 0.5) is 39.5 Å². The molecule has 0 N–H and O–H groups in total. The van der Waals surface area contributed by atoms with Gasteiger partial charge in [0, 0.05) is 32.3 Å². The molecule has 206 valence electrons. The van der Waals surface area contributed by atoms with Crippen molar-refractivity contribution in [3.8, 4) is 0 Å². The zero-order chi connectivity index (χ0) is 26.5. The summed E-state index contributed by atoms with van der Waals surface area (Å²) in [6, 6.07) is 0.703. The molecule has 0 spiro atoms. The second-order valence-electron chi connectivity index (χ2n) is 8.02. The summed E-state index contributed by atoms with van der Waals surface area (Å²) in [5.74, 6) is -18.8. The molecule has 0 radical (unpaired) electrons. The smallest absolute Gasteiger partial charge is 0.374 e. The number of rotatable bonds is 20. The van der Waals surface area contributed by atoms with Gasteiger partial charge in [0.25, 0.3) is 0 Å². The Balaban J connectivity index is 4.15. The second kappa shape index (κ2) is 14.9. The molecule has 0 saturated heterocycles. The Morgan fingerprint density at radius 1 is 0.500 bits per heavy atom. The van der Waals surface area contributed by atoms with Crippen LogP contribution in [0, 0.1) is 0 Å². The fourth-order valence-electron chi connectivity index (χ4n) is 3.49. The molecule has 0 bridgehead atoms. The maximum absolute atomic E-state index is 13.5. The van der Waals surface area contributed by atoms with Crippen LogP contribution < -0.4 is 0 Å². The summed E-state index contributed by atoms with van der Waals surface area (Å²) in [6.07, 6.45) is -3.72. The van der Waals surface area contributed by atoms with Crippen molar-refractivity contribution < 1.29 is 52.8 Å². The van der Waals surface area contributed by atoms with Crippen LogP contribution in [0.5, 0.6) is 0 Å². The molecular weight excluding hydrogens is 499 g/mol. The predicted octanol–water partition coefficient (Wildman–Crippen LogP) is 8.40. The zero-order valence-corrected chi connectivity index (χ0v) is 21.0. The highest BCUT2D eigenvalue weighted by atomic mass is 28.4. The summed E-state index contributed by atoms with van der Waals surface area (Å²) in [4.78, 5) is 0. The second-order valence-corrected chi connectivity index (χ2v) is 10.7. The van der Waals surface area contributed by atoms with Crippen molar-refractivity contribution in [2.45, 2.75) is 115 Å². The molecule has 0 unspecified atom stereocenters. The average molecular weight is 537 g/mol. The van der Waals surface area contributed by atoms with Crippen LogP contribution in [0.1, 0.15) is 85.0 Å². The normalized spacial score (nSPS) is 14.1. The first-order valence-electron chi connectivity index (χ1n) is 11.8. The minimum absolute atomic E-state index is 0.0362.